The number of amides is 2. The standard InChI is InChI=1S/C15H19BrN2O3/c1-9-13(19)17-15(2,3)14(20)18(9)8-10-5-6-12(21-4)11(16)7-10/h5-7,9H,8H2,1-4H3,(H,17,19). The van der Waals surface area contributed by atoms with Gasteiger partial charge in [-0.25, -0.2) is 0 Å². The highest BCUT2D eigenvalue weighted by molar-refractivity contribution is 9.10. The van der Waals surface area contributed by atoms with Crippen LogP contribution < -0.4 is 10.1 Å². The van der Waals surface area contributed by atoms with Crippen molar-refractivity contribution in [2.24, 2.45) is 0 Å². The number of hydrogen-bond acceptors (Lipinski definition) is 3. The zero-order chi connectivity index (χ0) is 15.8. The molecule has 1 N–H and O–H groups in total. The largest absolute Gasteiger partial charge is 0.496 e. The molecule has 2 rings (SSSR count). The van der Waals surface area contributed by atoms with Crippen LogP contribution in [-0.4, -0.2) is 35.4 Å². The van der Waals surface area contributed by atoms with E-state index in [1.54, 1.807) is 32.8 Å². The molecule has 0 aliphatic carbocycles. The molecule has 1 unspecified atom stereocenters. The normalized spacial score (nSPS) is 21.2. The number of carbonyl (C=O) groups is 2. The van der Waals surface area contributed by atoms with E-state index in [1.807, 2.05) is 18.2 Å². The second-order valence-corrected chi connectivity index (χ2v) is 6.55. The van der Waals surface area contributed by atoms with Gasteiger partial charge in [0.15, 0.2) is 0 Å². The fourth-order valence-electron chi connectivity index (χ4n) is 2.36. The summed E-state index contributed by atoms with van der Waals surface area (Å²) in [5, 5.41) is 2.74. The van der Waals surface area contributed by atoms with Gasteiger partial charge in [-0.15, -0.1) is 0 Å². The van der Waals surface area contributed by atoms with Crippen molar-refractivity contribution in [1.82, 2.24) is 10.2 Å². The first kappa shape index (κ1) is 15.8. The average molecular weight is 355 g/mol. The number of hydrogen-bond donors (Lipinski definition) is 1. The van der Waals surface area contributed by atoms with Crippen LogP contribution in [0.4, 0.5) is 0 Å². The van der Waals surface area contributed by atoms with Crippen LogP contribution in [0.5, 0.6) is 5.75 Å². The lowest BCUT2D eigenvalue weighted by Gasteiger charge is -2.41. The molecule has 0 aromatic heterocycles. The van der Waals surface area contributed by atoms with E-state index in [-0.39, 0.29) is 11.8 Å². The van der Waals surface area contributed by atoms with Crippen molar-refractivity contribution in [1.29, 1.82) is 0 Å². The maximum Gasteiger partial charge on any atom is 0.248 e. The van der Waals surface area contributed by atoms with Gasteiger partial charge in [0.05, 0.1) is 11.6 Å². The van der Waals surface area contributed by atoms with Crippen LogP contribution in [-0.2, 0) is 16.1 Å². The van der Waals surface area contributed by atoms with Crippen molar-refractivity contribution >= 4 is 27.7 Å². The van der Waals surface area contributed by atoms with E-state index in [4.69, 9.17) is 4.74 Å². The Morgan fingerprint density at radius 3 is 2.62 bits per heavy atom. The fraction of sp³-hybridized carbons (Fsp3) is 0.467. The molecule has 114 valence electrons. The molecule has 0 spiro atoms. The number of piperazine rings is 1. The summed E-state index contributed by atoms with van der Waals surface area (Å²) in [6.07, 6.45) is 0. The van der Waals surface area contributed by atoms with Crippen LogP contribution in [0.2, 0.25) is 0 Å². The molecule has 1 atom stereocenters. The first-order valence-corrected chi connectivity index (χ1v) is 7.51. The minimum absolute atomic E-state index is 0.0819. The summed E-state index contributed by atoms with van der Waals surface area (Å²) in [5.41, 5.74) is 0.0705. The number of benzene rings is 1. The number of nitrogens with one attached hydrogen (secondary N) is 1. The summed E-state index contributed by atoms with van der Waals surface area (Å²) in [6, 6.07) is 5.15. The Morgan fingerprint density at radius 1 is 1.38 bits per heavy atom. The third-order valence-corrected chi connectivity index (χ3v) is 4.27. The van der Waals surface area contributed by atoms with Crippen molar-refractivity contribution in [3.63, 3.8) is 0 Å². The molecule has 2 amide bonds. The summed E-state index contributed by atoms with van der Waals surface area (Å²) in [5.74, 6) is 0.517. The van der Waals surface area contributed by atoms with E-state index in [1.165, 1.54) is 0 Å². The summed E-state index contributed by atoms with van der Waals surface area (Å²) in [7, 11) is 1.60. The summed E-state index contributed by atoms with van der Waals surface area (Å²) >= 11 is 3.43. The Hall–Kier alpha value is -1.56. The molecule has 1 fully saturated rings. The van der Waals surface area contributed by atoms with Crippen LogP contribution >= 0.6 is 15.9 Å². The van der Waals surface area contributed by atoms with Crippen molar-refractivity contribution < 1.29 is 14.3 Å². The van der Waals surface area contributed by atoms with Crippen LogP contribution in [0.1, 0.15) is 26.3 Å². The topological polar surface area (TPSA) is 58.6 Å². The maximum atomic E-state index is 12.5. The lowest BCUT2D eigenvalue weighted by Crippen LogP contribution is -2.66. The average Bonchev–Trinajstić information content (AvgIpc) is 2.41. The highest BCUT2D eigenvalue weighted by Gasteiger charge is 2.43. The molecule has 1 aromatic rings. The monoisotopic (exact) mass is 354 g/mol. The van der Waals surface area contributed by atoms with E-state index in [9.17, 15) is 9.59 Å². The highest BCUT2D eigenvalue weighted by Crippen LogP contribution is 2.27. The number of methoxy groups -OCH3 is 1. The molecule has 1 aliphatic heterocycles. The molecule has 1 heterocycles. The molecular weight excluding hydrogens is 336 g/mol. The van der Waals surface area contributed by atoms with Crippen molar-refractivity contribution in [2.75, 3.05) is 7.11 Å². The number of halogens is 1. The minimum atomic E-state index is -0.868. The molecular formula is C15H19BrN2O3. The summed E-state index contributed by atoms with van der Waals surface area (Å²) in [6.45, 7) is 5.56. The number of rotatable bonds is 3. The number of nitrogens with zero attached hydrogens (tertiary/aromatic N) is 1. The zero-order valence-corrected chi connectivity index (χ0v) is 14.2. The second-order valence-electron chi connectivity index (χ2n) is 5.69. The third kappa shape index (κ3) is 3.05. The second kappa shape index (κ2) is 5.67. The predicted molar refractivity (Wildman–Crippen MR) is 82.9 cm³/mol. The van der Waals surface area contributed by atoms with Gasteiger partial charge in [-0.05, 0) is 54.4 Å². The quantitative estimate of drug-likeness (QED) is 0.903. The zero-order valence-electron chi connectivity index (χ0n) is 12.6. The fourth-order valence-corrected chi connectivity index (χ4v) is 2.94. The van der Waals surface area contributed by atoms with Crippen molar-refractivity contribution in [3.05, 3.63) is 28.2 Å². The lowest BCUT2D eigenvalue weighted by atomic mass is 9.97. The molecule has 1 aliphatic rings. The van der Waals surface area contributed by atoms with E-state index in [2.05, 4.69) is 21.2 Å². The molecule has 6 heteroatoms. The van der Waals surface area contributed by atoms with Gasteiger partial charge in [-0.1, -0.05) is 6.07 Å². The Balaban J connectivity index is 2.26. The van der Waals surface area contributed by atoms with Crippen LogP contribution in [0.25, 0.3) is 0 Å². The maximum absolute atomic E-state index is 12.5. The molecule has 1 aromatic carbocycles. The number of carbonyl (C=O) groups excluding carboxylic acids is 2. The van der Waals surface area contributed by atoms with Crippen molar-refractivity contribution in [3.8, 4) is 5.75 Å². The van der Waals surface area contributed by atoms with Gasteiger partial charge in [0.1, 0.15) is 17.3 Å². The first-order chi connectivity index (χ1) is 9.76. The van der Waals surface area contributed by atoms with Crippen LogP contribution in [0, 0.1) is 0 Å². The summed E-state index contributed by atoms with van der Waals surface area (Å²) < 4.78 is 6.01. The van der Waals surface area contributed by atoms with E-state index in [0.717, 1.165) is 15.8 Å². The molecule has 0 radical (unpaired) electrons. The van der Waals surface area contributed by atoms with Gasteiger partial charge in [-0.3, -0.25) is 9.59 Å². The minimum Gasteiger partial charge on any atom is -0.496 e. The Morgan fingerprint density at radius 2 is 2.05 bits per heavy atom. The van der Waals surface area contributed by atoms with Gasteiger partial charge < -0.3 is 15.0 Å². The van der Waals surface area contributed by atoms with E-state index in [0.29, 0.717) is 6.54 Å². The van der Waals surface area contributed by atoms with Crippen LogP contribution in [0.3, 0.4) is 0 Å². The first-order valence-electron chi connectivity index (χ1n) is 6.72. The SMILES string of the molecule is COc1ccc(CN2C(=O)C(C)(C)NC(=O)C2C)cc1Br. The smallest absolute Gasteiger partial charge is 0.248 e. The van der Waals surface area contributed by atoms with Crippen LogP contribution in [0.15, 0.2) is 22.7 Å². The van der Waals surface area contributed by atoms with E-state index >= 15 is 0 Å². The Labute approximate surface area is 132 Å². The van der Waals surface area contributed by atoms with Gasteiger partial charge in [-0.2, -0.15) is 0 Å². The van der Waals surface area contributed by atoms with E-state index < -0.39 is 11.6 Å². The van der Waals surface area contributed by atoms with Gasteiger partial charge in [0, 0.05) is 6.54 Å². The van der Waals surface area contributed by atoms with Gasteiger partial charge in [0.25, 0.3) is 0 Å². The van der Waals surface area contributed by atoms with Gasteiger partial charge in [0.2, 0.25) is 11.8 Å². The molecule has 0 bridgehead atoms. The Kier molecular flexibility index (Phi) is 4.27. The summed E-state index contributed by atoms with van der Waals surface area (Å²) in [4.78, 5) is 26.1. The lowest BCUT2D eigenvalue weighted by molar-refractivity contribution is -0.153. The molecule has 1 saturated heterocycles. The Bertz CT molecular complexity index is 586. The number of ether oxygens (including phenoxy) is 1. The molecule has 5 nitrogen and oxygen atoms in total. The predicted octanol–water partition coefficient (Wildman–Crippen LogP) is 2.08. The van der Waals surface area contributed by atoms with Gasteiger partial charge >= 0.3 is 0 Å². The molecule has 21 heavy (non-hydrogen) atoms. The highest BCUT2D eigenvalue weighted by atomic mass is 79.9. The molecule has 0 saturated carbocycles. The van der Waals surface area contributed by atoms with Crippen molar-refractivity contribution in [2.45, 2.75) is 38.9 Å². The third-order valence-electron chi connectivity index (χ3n) is 3.65.